The highest BCUT2D eigenvalue weighted by Crippen LogP contribution is 2.12. The van der Waals surface area contributed by atoms with Crippen LogP contribution in [0.3, 0.4) is 0 Å². The van der Waals surface area contributed by atoms with E-state index in [1.807, 2.05) is 6.92 Å². The van der Waals surface area contributed by atoms with Gasteiger partial charge in [-0.15, -0.1) is 0 Å². The lowest BCUT2D eigenvalue weighted by Gasteiger charge is -2.19. The average molecular weight is 327 g/mol. The van der Waals surface area contributed by atoms with E-state index in [1.165, 1.54) is 0 Å². The molecule has 0 aliphatic rings. The van der Waals surface area contributed by atoms with Crippen LogP contribution in [0.15, 0.2) is 29.2 Å². The van der Waals surface area contributed by atoms with E-state index in [2.05, 4.69) is 4.72 Å². The maximum absolute atomic E-state index is 12.1. The Hall–Kier alpha value is -1.40. The summed E-state index contributed by atoms with van der Waals surface area (Å²) in [6.45, 7) is 7.62. The first-order valence-corrected chi connectivity index (χ1v) is 8.93. The molecule has 0 aliphatic carbocycles. The highest BCUT2D eigenvalue weighted by atomic mass is 32.2. The Bertz CT molecular complexity index is 586. The first kappa shape index (κ1) is 18.6. The zero-order chi connectivity index (χ0) is 16.8. The number of aryl methyl sites for hydroxylation is 1. The number of benzene rings is 1. The molecule has 0 aliphatic heterocycles. The third-order valence-electron chi connectivity index (χ3n) is 2.91. The highest BCUT2D eigenvalue weighted by Gasteiger charge is 2.17. The number of carbonyl (C=O) groups excluding carboxylic acids is 1. The molecule has 22 heavy (non-hydrogen) atoms. The summed E-state index contributed by atoms with van der Waals surface area (Å²) in [4.78, 5) is 11.8. The molecule has 0 amide bonds. The third kappa shape index (κ3) is 6.58. The van der Waals surface area contributed by atoms with E-state index in [9.17, 15) is 13.2 Å². The van der Waals surface area contributed by atoms with E-state index in [-0.39, 0.29) is 23.8 Å². The van der Waals surface area contributed by atoms with Crippen LogP contribution in [0, 0.1) is 0 Å². The number of ether oxygens (including phenoxy) is 1. The molecule has 6 heteroatoms. The van der Waals surface area contributed by atoms with Gasteiger partial charge in [0.15, 0.2) is 0 Å². The monoisotopic (exact) mass is 327 g/mol. The number of esters is 1. The summed E-state index contributed by atoms with van der Waals surface area (Å²) in [5.74, 6) is -0.320. The van der Waals surface area contributed by atoms with Crippen molar-refractivity contribution in [3.8, 4) is 0 Å². The highest BCUT2D eigenvalue weighted by molar-refractivity contribution is 7.89. The first-order chi connectivity index (χ1) is 10.1. The third-order valence-corrected chi connectivity index (χ3v) is 4.39. The lowest BCUT2D eigenvalue weighted by molar-refractivity contribution is -0.154. The molecule has 0 saturated carbocycles. The molecule has 124 valence electrons. The maximum atomic E-state index is 12.1. The molecule has 0 atom stereocenters. The number of hydrogen-bond donors (Lipinski definition) is 1. The van der Waals surface area contributed by atoms with Crippen LogP contribution in [0.4, 0.5) is 0 Å². The molecule has 0 radical (unpaired) electrons. The first-order valence-electron chi connectivity index (χ1n) is 7.44. The summed E-state index contributed by atoms with van der Waals surface area (Å²) in [6.07, 6.45) is 1.46. The summed E-state index contributed by atoms with van der Waals surface area (Å²) < 4.78 is 31.8. The van der Waals surface area contributed by atoms with Crippen LogP contribution in [0.25, 0.3) is 0 Å². The van der Waals surface area contributed by atoms with Crippen molar-refractivity contribution in [1.29, 1.82) is 0 Å². The van der Waals surface area contributed by atoms with Gasteiger partial charge < -0.3 is 4.74 Å². The summed E-state index contributed by atoms with van der Waals surface area (Å²) in [7, 11) is -3.52. The van der Waals surface area contributed by atoms with E-state index < -0.39 is 15.6 Å². The molecule has 5 nitrogen and oxygen atoms in total. The van der Waals surface area contributed by atoms with Gasteiger partial charge in [0.25, 0.3) is 0 Å². The van der Waals surface area contributed by atoms with E-state index in [4.69, 9.17) is 4.74 Å². The van der Waals surface area contributed by atoms with E-state index in [1.54, 1.807) is 45.0 Å². The Balaban J connectivity index is 2.44. The van der Waals surface area contributed by atoms with Crippen molar-refractivity contribution in [2.24, 2.45) is 0 Å². The van der Waals surface area contributed by atoms with Crippen molar-refractivity contribution in [3.63, 3.8) is 0 Å². The summed E-state index contributed by atoms with van der Waals surface area (Å²) in [5.41, 5.74) is 0.571. The predicted octanol–water partition coefficient (Wildman–Crippen LogP) is 2.65. The van der Waals surface area contributed by atoms with Crippen LogP contribution in [-0.4, -0.2) is 26.5 Å². The number of rotatable bonds is 7. The predicted molar refractivity (Wildman–Crippen MR) is 86.1 cm³/mol. The number of hydrogen-bond acceptors (Lipinski definition) is 4. The number of carbonyl (C=O) groups is 1. The smallest absolute Gasteiger partial charge is 0.306 e. The van der Waals surface area contributed by atoms with Crippen molar-refractivity contribution >= 4 is 16.0 Å². The molecule has 0 saturated heterocycles. The second kappa shape index (κ2) is 7.74. The van der Waals surface area contributed by atoms with Crippen molar-refractivity contribution < 1.29 is 17.9 Å². The Morgan fingerprint density at radius 2 is 1.77 bits per heavy atom. The van der Waals surface area contributed by atoms with Crippen molar-refractivity contribution in [1.82, 2.24) is 4.72 Å². The van der Waals surface area contributed by atoms with Crippen LogP contribution in [0.1, 0.15) is 46.1 Å². The molecule has 1 N–H and O–H groups in total. The van der Waals surface area contributed by atoms with E-state index >= 15 is 0 Å². The number of sulfonamides is 1. The Morgan fingerprint density at radius 1 is 1.18 bits per heavy atom. The van der Waals surface area contributed by atoms with Crippen molar-refractivity contribution in [2.45, 2.75) is 57.5 Å². The van der Waals surface area contributed by atoms with E-state index in [0.29, 0.717) is 6.42 Å². The molecule has 0 aromatic heterocycles. The van der Waals surface area contributed by atoms with Gasteiger partial charge in [-0.25, -0.2) is 13.1 Å². The quantitative estimate of drug-likeness (QED) is 0.617. The fourth-order valence-corrected chi connectivity index (χ4v) is 2.89. The zero-order valence-electron chi connectivity index (χ0n) is 13.7. The van der Waals surface area contributed by atoms with Gasteiger partial charge in [0.1, 0.15) is 5.60 Å². The van der Waals surface area contributed by atoms with Gasteiger partial charge in [0, 0.05) is 13.0 Å². The Labute approximate surface area is 133 Å². The maximum Gasteiger partial charge on any atom is 0.306 e. The van der Waals surface area contributed by atoms with Crippen LogP contribution in [0.5, 0.6) is 0 Å². The SMILES string of the molecule is CCc1ccc(S(=O)(=O)NCCCC(=O)OC(C)(C)C)cc1. The molecular formula is C16H25NO4S. The van der Waals surface area contributed by atoms with Crippen LogP contribution in [-0.2, 0) is 26.0 Å². The molecule has 1 aromatic carbocycles. The summed E-state index contributed by atoms with van der Waals surface area (Å²) in [5, 5.41) is 0. The number of nitrogens with one attached hydrogen (secondary N) is 1. The zero-order valence-corrected chi connectivity index (χ0v) is 14.5. The van der Waals surface area contributed by atoms with Gasteiger partial charge in [0.2, 0.25) is 10.0 Å². The average Bonchev–Trinajstić information content (AvgIpc) is 2.42. The van der Waals surface area contributed by atoms with E-state index in [0.717, 1.165) is 12.0 Å². The molecule has 0 spiro atoms. The largest absolute Gasteiger partial charge is 0.460 e. The second-order valence-electron chi connectivity index (χ2n) is 6.09. The molecule has 0 unspecified atom stereocenters. The van der Waals surface area contributed by atoms with Gasteiger partial charge >= 0.3 is 5.97 Å². The molecular weight excluding hydrogens is 302 g/mol. The van der Waals surface area contributed by atoms with Crippen molar-refractivity contribution in [3.05, 3.63) is 29.8 Å². The normalized spacial score (nSPS) is 12.2. The Morgan fingerprint density at radius 3 is 2.27 bits per heavy atom. The molecule has 1 rings (SSSR count). The molecule has 1 aromatic rings. The lowest BCUT2D eigenvalue weighted by atomic mass is 10.2. The van der Waals surface area contributed by atoms with Gasteiger partial charge in [0.05, 0.1) is 4.90 Å². The minimum absolute atomic E-state index is 0.189. The summed E-state index contributed by atoms with van der Waals surface area (Å²) >= 11 is 0. The van der Waals surface area contributed by atoms with Gasteiger partial charge in [-0.05, 0) is 51.3 Å². The van der Waals surface area contributed by atoms with Gasteiger partial charge in [-0.3, -0.25) is 4.79 Å². The molecule has 0 fully saturated rings. The minimum Gasteiger partial charge on any atom is -0.460 e. The standard InChI is InChI=1S/C16H25NO4S/c1-5-13-8-10-14(11-9-13)22(19,20)17-12-6-7-15(18)21-16(2,3)4/h8-11,17H,5-7,12H2,1-4H3. The molecule has 0 heterocycles. The van der Waals surface area contributed by atoms with Gasteiger partial charge in [-0.1, -0.05) is 19.1 Å². The van der Waals surface area contributed by atoms with Crippen LogP contribution in [0.2, 0.25) is 0 Å². The Kier molecular flexibility index (Phi) is 6.56. The fraction of sp³-hybridized carbons (Fsp3) is 0.562. The van der Waals surface area contributed by atoms with Crippen molar-refractivity contribution in [2.75, 3.05) is 6.54 Å². The topological polar surface area (TPSA) is 72.5 Å². The minimum atomic E-state index is -3.52. The van der Waals surface area contributed by atoms with Gasteiger partial charge in [-0.2, -0.15) is 0 Å². The fourth-order valence-electron chi connectivity index (χ4n) is 1.82. The lowest BCUT2D eigenvalue weighted by Crippen LogP contribution is -2.27. The second-order valence-corrected chi connectivity index (χ2v) is 7.85. The molecule has 0 bridgehead atoms. The van der Waals surface area contributed by atoms with Crippen LogP contribution >= 0.6 is 0 Å². The van der Waals surface area contributed by atoms with Crippen LogP contribution < -0.4 is 4.72 Å². The summed E-state index contributed by atoms with van der Waals surface area (Å²) in [6, 6.07) is 6.79.